The van der Waals surface area contributed by atoms with Crippen LogP contribution in [-0.4, -0.2) is 18.3 Å². The largest absolute Gasteiger partial charge is 0.387 e. The molecule has 1 aliphatic heterocycles. The molecule has 0 aromatic heterocycles. The second-order valence-electron chi connectivity index (χ2n) is 3.30. The highest BCUT2D eigenvalue weighted by atomic mass is 127. The number of amidine groups is 1. The van der Waals surface area contributed by atoms with Gasteiger partial charge >= 0.3 is 0 Å². The zero-order chi connectivity index (χ0) is 10.8. The van der Waals surface area contributed by atoms with Gasteiger partial charge in [-0.05, 0) is 46.9 Å². The van der Waals surface area contributed by atoms with Gasteiger partial charge in [-0.3, -0.25) is 5.41 Å². The maximum atomic E-state index is 7.72. The third-order valence-electron chi connectivity index (χ3n) is 2.24. The molecule has 1 aromatic carbocycles. The Morgan fingerprint density at radius 3 is 2.60 bits per heavy atom. The Balaban J connectivity index is 2.25. The van der Waals surface area contributed by atoms with E-state index in [4.69, 9.17) is 11.1 Å². The summed E-state index contributed by atoms with van der Waals surface area (Å²) in [5.41, 5.74) is 6.57. The van der Waals surface area contributed by atoms with Gasteiger partial charge in [0.2, 0.25) is 5.96 Å². The highest BCUT2D eigenvalue weighted by Gasteiger charge is 2.16. The van der Waals surface area contributed by atoms with E-state index in [9.17, 15) is 0 Å². The molecule has 0 atom stereocenters. The first-order valence-corrected chi connectivity index (χ1v) is 5.69. The zero-order valence-corrected chi connectivity index (χ0v) is 10.2. The molecule has 0 radical (unpaired) electrons. The maximum Gasteiger partial charge on any atom is 0.224 e. The van der Waals surface area contributed by atoms with Crippen molar-refractivity contribution >= 4 is 40.1 Å². The topological polar surface area (TPSA) is 65.5 Å². The minimum Gasteiger partial charge on any atom is -0.387 e. The molecule has 1 aromatic rings. The first kappa shape index (κ1) is 10.4. The molecule has 0 saturated carbocycles. The number of rotatable bonds is 1. The van der Waals surface area contributed by atoms with E-state index in [0.29, 0.717) is 12.3 Å². The van der Waals surface area contributed by atoms with E-state index in [1.807, 2.05) is 29.2 Å². The summed E-state index contributed by atoms with van der Waals surface area (Å²) in [4.78, 5) is 5.82. The van der Waals surface area contributed by atoms with Crippen LogP contribution in [-0.2, 0) is 0 Å². The Bertz CT molecular complexity index is 410. The van der Waals surface area contributed by atoms with Crippen molar-refractivity contribution in [2.75, 3.05) is 11.4 Å². The second-order valence-corrected chi connectivity index (χ2v) is 4.55. The summed E-state index contributed by atoms with van der Waals surface area (Å²) in [5.74, 6) is 0.765. The van der Waals surface area contributed by atoms with E-state index >= 15 is 0 Å². The standard InChI is InChI=1S/C10H11IN4/c11-7-1-3-8(4-2-7)15-6-5-9(12)14-10(15)13/h1-4H,5-6H2,(H3,12,13,14). The number of guanidine groups is 1. The molecule has 0 saturated heterocycles. The monoisotopic (exact) mass is 314 g/mol. The molecule has 0 unspecified atom stereocenters. The Morgan fingerprint density at radius 1 is 1.33 bits per heavy atom. The first-order valence-electron chi connectivity index (χ1n) is 4.61. The Morgan fingerprint density at radius 2 is 2.00 bits per heavy atom. The lowest BCUT2D eigenvalue weighted by molar-refractivity contribution is 0.940. The van der Waals surface area contributed by atoms with Crippen LogP contribution in [0.2, 0.25) is 0 Å². The predicted molar refractivity (Wildman–Crippen MR) is 70.5 cm³/mol. The lowest BCUT2D eigenvalue weighted by atomic mass is 10.2. The highest BCUT2D eigenvalue weighted by molar-refractivity contribution is 14.1. The van der Waals surface area contributed by atoms with Crippen LogP contribution in [0.15, 0.2) is 29.3 Å². The molecule has 0 amide bonds. The van der Waals surface area contributed by atoms with Crippen molar-refractivity contribution in [1.29, 1.82) is 5.41 Å². The van der Waals surface area contributed by atoms with Gasteiger partial charge < -0.3 is 10.6 Å². The van der Waals surface area contributed by atoms with Gasteiger partial charge in [0, 0.05) is 22.2 Å². The Labute approximate surface area is 102 Å². The number of hydrogen-bond donors (Lipinski definition) is 2. The van der Waals surface area contributed by atoms with Gasteiger partial charge in [0.05, 0.1) is 0 Å². The molecule has 1 aliphatic rings. The van der Waals surface area contributed by atoms with Crippen LogP contribution in [0, 0.1) is 8.98 Å². The van der Waals surface area contributed by atoms with Crippen LogP contribution in [0.3, 0.4) is 0 Å². The number of anilines is 1. The number of nitrogens with zero attached hydrogens (tertiary/aromatic N) is 2. The van der Waals surface area contributed by atoms with Crippen LogP contribution in [0.1, 0.15) is 6.42 Å². The van der Waals surface area contributed by atoms with Crippen LogP contribution in [0.4, 0.5) is 5.69 Å². The van der Waals surface area contributed by atoms with E-state index in [2.05, 4.69) is 27.6 Å². The molecule has 5 heteroatoms. The fourth-order valence-corrected chi connectivity index (χ4v) is 1.82. The number of hydrogen-bond acceptors (Lipinski definition) is 2. The smallest absolute Gasteiger partial charge is 0.224 e. The van der Waals surface area contributed by atoms with E-state index < -0.39 is 0 Å². The van der Waals surface area contributed by atoms with Crippen LogP contribution < -0.4 is 10.6 Å². The molecule has 0 fully saturated rings. The lowest BCUT2D eigenvalue weighted by Crippen LogP contribution is -2.38. The number of benzene rings is 1. The van der Waals surface area contributed by atoms with E-state index in [1.165, 1.54) is 3.57 Å². The van der Waals surface area contributed by atoms with Gasteiger partial charge in [0.1, 0.15) is 5.84 Å². The van der Waals surface area contributed by atoms with Crippen molar-refractivity contribution in [2.45, 2.75) is 6.42 Å². The number of nitrogens with two attached hydrogens (primary N) is 1. The minimum atomic E-state index is 0.222. The number of aliphatic imine (C=N–C) groups is 1. The molecule has 0 bridgehead atoms. The number of halogens is 1. The molecule has 0 spiro atoms. The lowest BCUT2D eigenvalue weighted by Gasteiger charge is -2.26. The Kier molecular flexibility index (Phi) is 2.90. The molecule has 78 valence electrons. The first-order chi connectivity index (χ1) is 7.16. The van der Waals surface area contributed by atoms with Gasteiger partial charge in [-0.1, -0.05) is 0 Å². The van der Waals surface area contributed by atoms with Crippen molar-refractivity contribution in [3.05, 3.63) is 27.8 Å². The molecule has 2 rings (SSSR count). The quantitative estimate of drug-likeness (QED) is 0.776. The Hall–Kier alpha value is -1.11. The maximum absolute atomic E-state index is 7.72. The van der Waals surface area contributed by atoms with Gasteiger partial charge in [-0.15, -0.1) is 0 Å². The van der Waals surface area contributed by atoms with Crippen molar-refractivity contribution in [2.24, 2.45) is 10.7 Å². The summed E-state index contributed by atoms with van der Waals surface area (Å²) < 4.78 is 1.18. The zero-order valence-electron chi connectivity index (χ0n) is 8.07. The van der Waals surface area contributed by atoms with Crippen LogP contribution >= 0.6 is 22.6 Å². The van der Waals surface area contributed by atoms with E-state index in [-0.39, 0.29) is 5.96 Å². The molecular weight excluding hydrogens is 303 g/mol. The highest BCUT2D eigenvalue weighted by Crippen LogP contribution is 2.18. The summed E-state index contributed by atoms with van der Waals surface area (Å²) in [5, 5.41) is 7.72. The van der Waals surface area contributed by atoms with E-state index in [0.717, 1.165) is 12.2 Å². The molecule has 4 nitrogen and oxygen atoms in total. The summed E-state index contributed by atoms with van der Waals surface area (Å²) in [6, 6.07) is 8.02. The second kappa shape index (κ2) is 4.18. The summed E-state index contributed by atoms with van der Waals surface area (Å²) in [7, 11) is 0. The minimum absolute atomic E-state index is 0.222. The fraction of sp³-hybridized carbons (Fsp3) is 0.200. The van der Waals surface area contributed by atoms with Crippen LogP contribution in [0.25, 0.3) is 0 Å². The molecule has 0 aliphatic carbocycles. The van der Waals surface area contributed by atoms with Crippen molar-refractivity contribution < 1.29 is 0 Å². The average Bonchev–Trinajstić information content (AvgIpc) is 2.20. The fourth-order valence-electron chi connectivity index (χ4n) is 1.46. The van der Waals surface area contributed by atoms with Crippen LogP contribution in [0.5, 0.6) is 0 Å². The molecular formula is C10H11IN4. The van der Waals surface area contributed by atoms with Crippen molar-refractivity contribution in [3.63, 3.8) is 0 Å². The molecule has 15 heavy (non-hydrogen) atoms. The van der Waals surface area contributed by atoms with Gasteiger partial charge in [0.25, 0.3) is 0 Å². The third kappa shape index (κ3) is 2.28. The van der Waals surface area contributed by atoms with Gasteiger partial charge in [0.15, 0.2) is 0 Å². The predicted octanol–water partition coefficient (Wildman–Crippen LogP) is 1.79. The van der Waals surface area contributed by atoms with Gasteiger partial charge in [-0.25, -0.2) is 4.99 Å². The normalized spacial score (nSPS) is 16.5. The SMILES string of the molecule is N=C1N=C(N)CCN1c1ccc(I)cc1. The summed E-state index contributed by atoms with van der Waals surface area (Å²) in [6.07, 6.45) is 0.717. The van der Waals surface area contributed by atoms with Gasteiger partial charge in [-0.2, -0.15) is 0 Å². The average molecular weight is 314 g/mol. The molecule has 1 heterocycles. The van der Waals surface area contributed by atoms with E-state index in [1.54, 1.807) is 0 Å². The van der Waals surface area contributed by atoms with Crippen molar-refractivity contribution in [3.8, 4) is 0 Å². The summed E-state index contributed by atoms with van der Waals surface area (Å²) >= 11 is 2.26. The third-order valence-corrected chi connectivity index (χ3v) is 2.95. The molecule has 3 N–H and O–H groups in total. The number of nitrogens with one attached hydrogen (secondary N) is 1. The van der Waals surface area contributed by atoms with Crippen molar-refractivity contribution in [1.82, 2.24) is 0 Å². The summed E-state index contributed by atoms with van der Waals surface area (Å²) in [6.45, 7) is 0.731.